The average molecular weight is 365 g/mol. The van der Waals surface area contributed by atoms with Crippen LogP contribution in [-0.4, -0.2) is 39.5 Å². The number of likely N-dealkylation sites (N-methyl/N-ethyl adjacent to an activating group) is 1. The first-order chi connectivity index (χ1) is 13.0. The predicted octanol–water partition coefficient (Wildman–Crippen LogP) is 3.15. The minimum atomic E-state index is -0.0666. The molecule has 3 aromatic rings. The minimum absolute atomic E-state index is 0.0666. The number of benzene rings is 1. The van der Waals surface area contributed by atoms with E-state index < -0.39 is 0 Å². The molecule has 0 unspecified atom stereocenters. The zero-order valence-electron chi connectivity index (χ0n) is 15.7. The number of hydrogen-bond acceptors (Lipinski definition) is 6. The normalized spacial score (nSPS) is 11.0. The molecule has 1 aromatic carbocycles. The maximum absolute atomic E-state index is 12.6. The third-order valence-corrected chi connectivity index (χ3v) is 4.24. The molecule has 7 nitrogen and oxygen atoms in total. The quantitative estimate of drug-likeness (QED) is 0.720. The van der Waals surface area contributed by atoms with Crippen molar-refractivity contribution >= 4 is 11.6 Å². The number of carbonyl (C=O) groups excluding carboxylic acids is 1. The first kappa shape index (κ1) is 18.6. The average Bonchev–Trinajstić information content (AvgIpc) is 3.15. The minimum Gasteiger partial charge on any atom is -0.397 e. The largest absolute Gasteiger partial charge is 0.397 e. The van der Waals surface area contributed by atoms with Gasteiger partial charge >= 0.3 is 0 Å². The van der Waals surface area contributed by atoms with Crippen LogP contribution in [0.15, 0.2) is 47.1 Å². The van der Waals surface area contributed by atoms with E-state index in [0.717, 1.165) is 5.56 Å². The topological polar surface area (TPSA) is 98.1 Å². The first-order valence-corrected chi connectivity index (χ1v) is 8.84. The van der Waals surface area contributed by atoms with E-state index in [2.05, 4.69) is 15.1 Å². The van der Waals surface area contributed by atoms with E-state index in [4.69, 9.17) is 10.3 Å². The Labute approximate surface area is 158 Å². The number of aromatic nitrogens is 3. The fourth-order valence-corrected chi connectivity index (χ4v) is 2.62. The van der Waals surface area contributed by atoms with Gasteiger partial charge in [0, 0.05) is 43.3 Å². The molecule has 0 aliphatic heterocycles. The third kappa shape index (κ3) is 4.31. The summed E-state index contributed by atoms with van der Waals surface area (Å²) in [5.74, 6) is 1.35. The fourth-order valence-electron chi connectivity index (χ4n) is 2.62. The van der Waals surface area contributed by atoms with Crippen molar-refractivity contribution in [2.45, 2.75) is 26.2 Å². The second-order valence-electron chi connectivity index (χ2n) is 6.70. The van der Waals surface area contributed by atoms with Gasteiger partial charge in [-0.2, -0.15) is 4.98 Å². The van der Waals surface area contributed by atoms with E-state index >= 15 is 0 Å². The van der Waals surface area contributed by atoms with Crippen LogP contribution in [0.5, 0.6) is 0 Å². The molecular formula is C20H23N5O2. The van der Waals surface area contributed by atoms with Crippen LogP contribution in [0.1, 0.15) is 41.8 Å². The van der Waals surface area contributed by atoms with Crippen molar-refractivity contribution in [3.8, 4) is 11.3 Å². The van der Waals surface area contributed by atoms with Gasteiger partial charge in [-0.1, -0.05) is 31.1 Å². The lowest BCUT2D eigenvalue weighted by molar-refractivity contribution is 0.0796. The molecule has 27 heavy (non-hydrogen) atoms. The van der Waals surface area contributed by atoms with Crippen molar-refractivity contribution in [1.29, 1.82) is 0 Å². The summed E-state index contributed by atoms with van der Waals surface area (Å²) in [6, 6.07) is 10.9. The summed E-state index contributed by atoms with van der Waals surface area (Å²) in [4.78, 5) is 22.9. The lowest BCUT2D eigenvalue weighted by Gasteiger charge is -2.16. The van der Waals surface area contributed by atoms with Gasteiger partial charge in [-0.3, -0.25) is 9.78 Å². The molecule has 0 saturated heterocycles. The zero-order chi connectivity index (χ0) is 19.4. The van der Waals surface area contributed by atoms with Crippen molar-refractivity contribution in [1.82, 2.24) is 20.0 Å². The van der Waals surface area contributed by atoms with Crippen LogP contribution in [0.3, 0.4) is 0 Å². The first-order valence-electron chi connectivity index (χ1n) is 8.84. The van der Waals surface area contributed by atoms with Crippen molar-refractivity contribution in [3.63, 3.8) is 0 Å². The van der Waals surface area contributed by atoms with Crippen LogP contribution >= 0.6 is 0 Å². The summed E-state index contributed by atoms with van der Waals surface area (Å²) in [6.07, 6.45) is 2.24. The predicted molar refractivity (Wildman–Crippen MR) is 103 cm³/mol. The second-order valence-corrected chi connectivity index (χ2v) is 6.70. The molecule has 7 heteroatoms. The number of nitrogens with two attached hydrogens (primary N) is 1. The highest BCUT2D eigenvalue weighted by molar-refractivity contribution is 5.94. The Morgan fingerprint density at radius 1 is 1.22 bits per heavy atom. The van der Waals surface area contributed by atoms with Crippen molar-refractivity contribution in [3.05, 3.63) is 59.9 Å². The van der Waals surface area contributed by atoms with Crippen LogP contribution in [-0.2, 0) is 6.42 Å². The Balaban J connectivity index is 1.63. The Morgan fingerprint density at radius 2 is 1.96 bits per heavy atom. The SMILES string of the molecule is CC(C)c1nc(CCN(C)C(=O)c2ccc(-c3ncccc3N)cc2)no1. The monoisotopic (exact) mass is 365 g/mol. The van der Waals surface area contributed by atoms with Crippen LogP contribution < -0.4 is 5.73 Å². The summed E-state index contributed by atoms with van der Waals surface area (Å²) in [5.41, 5.74) is 8.75. The maximum atomic E-state index is 12.6. The number of anilines is 1. The van der Waals surface area contributed by atoms with Crippen molar-refractivity contribution in [2.75, 3.05) is 19.3 Å². The van der Waals surface area contributed by atoms with Crippen LogP contribution in [0.25, 0.3) is 11.3 Å². The number of nitrogens with zero attached hydrogens (tertiary/aromatic N) is 4. The highest BCUT2D eigenvalue weighted by Gasteiger charge is 2.15. The van der Waals surface area contributed by atoms with Crippen LogP contribution in [0, 0.1) is 0 Å². The molecule has 0 fully saturated rings. The summed E-state index contributed by atoms with van der Waals surface area (Å²) >= 11 is 0. The summed E-state index contributed by atoms with van der Waals surface area (Å²) in [5, 5.41) is 3.95. The molecule has 0 aliphatic carbocycles. The summed E-state index contributed by atoms with van der Waals surface area (Å²) in [6.45, 7) is 4.50. The van der Waals surface area contributed by atoms with Gasteiger partial charge in [0.15, 0.2) is 5.82 Å². The summed E-state index contributed by atoms with van der Waals surface area (Å²) < 4.78 is 5.19. The van der Waals surface area contributed by atoms with Crippen LogP contribution in [0.2, 0.25) is 0 Å². The lowest BCUT2D eigenvalue weighted by atomic mass is 10.1. The molecule has 0 saturated carbocycles. The highest BCUT2D eigenvalue weighted by atomic mass is 16.5. The van der Waals surface area contributed by atoms with Gasteiger partial charge in [0.05, 0.1) is 11.4 Å². The van der Waals surface area contributed by atoms with Crippen molar-refractivity contribution < 1.29 is 9.32 Å². The fraction of sp³-hybridized carbons (Fsp3) is 0.300. The van der Waals surface area contributed by atoms with Gasteiger partial charge in [-0.25, -0.2) is 0 Å². The Bertz CT molecular complexity index is 918. The third-order valence-electron chi connectivity index (χ3n) is 4.24. The Kier molecular flexibility index (Phi) is 5.49. The molecular weight excluding hydrogens is 342 g/mol. The highest BCUT2D eigenvalue weighted by Crippen LogP contribution is 2.23. The lowest BCUT2D eigenvalue weighted by Crippen LogP contribution is -2.29. The number of rotatable bonds is 6. The second kappa shape index (κ2) is 7.99. The van der Waals surface area contributed by atoms with Gasteiger partial charge in [0.2, 0.25) is 5.89 Å². The summed E-state index contributed by atoms with van der Waals surface area (Å²) in [7, 11) is 1.76. The molecule has 3 rings (SSSR count). The van der Waals surface area contributed by atoms with E-state index in [9.17, 15) is 4.79 Å². The molecule has 0 radical (unpaired) electrons. The number of carbonyl (C=O) groups is 1. The molecule has 0 aliphatic rings. The van der Waals surface area contributed by atoms with E-state index in [0.29, 0.717) is 41.6 Å². The van der Waals surface area contributed by atoms with Gasteiger partial charge in [-0.05, 0) is 24.3 Å². The standard InChI is InChI=1S/C20H23N5O2/c1-13(2)19-23-17(24-27-19)10-12-25(3)20(26)15-8-6-14(7-9-15)18-16(21)5-4-11-22-18/h4-9,11,13H,10,12,21H2,1-3H3. The van der Waals surface area contributed by atoms with E-state index in [1.54, 1.807) is 42.4 Å². The number of nitrogen functional groups attached to an aromatic ring is 1. The van der Waals surface area contributed by atoms with Gasteiger partial charge < -0.3 is 15.2 Å². The number of pyridine rings is 1. The number of hydrogen-bond donors (Lipinski definition) is 1. The van der Waals surface area contributed by atoms with Gasteiger partial charge in [-0.15, -0.1) is 0 Å². The van der Waals surface area contributed by atoms with Crippen molar-refractivity contribution in [2.24, 2.45) is 0 Å². The van der Waals surface area contributed by atoms with Gasteiger partial charge in [0.1, 0.15) is 0 Å². The Hall–Kier alpha value is -3.22. The van der Waals surface area contributed by atoms with E-state index in [1.807, 2.05) is 26.0 Å². The van der Waals surface area contributed by atoms with E-state index in [1.165, 1.54) is 0 Å². The van der Waals surface area contributed by atoms with E-state index in [-0.39, 0.29) is 11.8 Å². The zero-order valence-corrected chi connectivity index (χ0v) is 15.7. The molecule has 2 aromatic heterocycles. The molecule has 2 N–H and O–H groups in total. The van der Waals surface area contributed by atoms with Gasteiger partial charge in [0.25, 0.3) is 5.91 Å². The smallest absolute Gasteiger partial charge is 0.253 e. The molecule has 0 bridgehead atoms. The van der Waals surface area contributed by atoms with Crippen LogP contribution in [0.4, 0.5) is 5.69 Å². The number of amides is 1. The Morgan fingerprint density at radius 3 is 2.59 bits per heavy atom. The molecule has 0 atom stereocenters. The maximum Gasteiger partial charge on any atom is 0.253 e. The molecule has 140 valence electrons. The molecule has 2 heterocycles. The molecule has 0 spiro atoms. The molecule has 1 amide bonds.